The summed E-state index contributed by atoms with van der Waals surface area (Å²) in [6, 6.07) is 0. The van der Waals surface area contributed by atoms with Crippen LogP contribution in [-0.4, -0.2) is 23.7 Å². The second-order valence-corrected chi connectivity index (χ2v) is 6.71. The molecule has 4 nitrogen and oxygen atoms in total. The summed E-state index contributed by atoms with van der Waals surface area (Å²) in [5.74, 6) is -1.92. The van der Waals surface area contributed by atoms with Gasteiger partial charge in [-0.1, -0.05) is 64.0 Å². The van der Waals surface area contributed by atoms with Crippen molar-refractivity contribution in [2.24, 2.45) is 5.92 Å². The lowest BCUT2D eigenvalue weighted by molar-refractivity contribution is -0.151. The van der Waals surface area contributed by atoms with Gasteiger partial charge in [-0.15, -0.1) is 0 Å². The molecule has 0 saturated heterocycles. The van der Waals surface area contributed by atoms with Crippen LogP contribution in [0.15, 0.2) is 12.2 Å². The van der Waals surface area contributed by atoms with Crippen molar-refractivity contribution in [3.8, 4) is 0 Å². The maximum absolute atomic E-state index is 11.4. The highest BCUT2D eigenvalue weighted by molar-refractivity contribution is 5.78. The summed E-state index contributed by atoms with van der Waals surface area (Å²) in [5, 5.41) is 9.16. The number of unbranched alkanes of at least 4 members (excludes halogenated alkanes) is 9. The van der Waals surface area contributed by atoms with Crippen LogP contribution in [0.2, 0.25) is 0 Å². The number of hydrogen-bond donors (Lipinski definition) is 1. The number of carboxylic acids is 1. The maximum Gasteiger partial charge on any atom is 0.307 e. The smallest absolute Gasteiger partial charge is 0.307 e. The summed E-state index contributed by atoms with van der Waals surface area (Å²) < 4.78 is 4.83. The number of carboxylic acid groups (broad SMARTS) is 1. The third-order valence-corrected chi connectivity index (χ3v) is 4.38. The van der Waals surface area contributed by atoms with E-state index in [-0.39, 0.29) is 6.42 Å². The van der Waals surface area contributed by atoms with Crippen molar-refractivity contribution >= 4 is 11.9 Å². The van der Waals surface area contributed by atoms with Crippen LogP contribution in [0.5, 0.6) is 0 Å². The molecule has 0 aliphatic heterocycles. The van der Waals surface area contributed by atoms with Gasteiger partial charge in [-0.05, 0) is 39.0 Å². The molecule has 1 unspecified atom stereocenters. The average Bonchev–Trinajstić information content (AvgIpc) is 2.58. The number of aliphatic carboxylic acids is 1. The largest absolute Gasteiger partial charge is 0.481 e. The second-order valence-electron chi connectivity index (χ2n) is 6.71. The van der Waals surface area contributed by atoms with Crippen molar-refractivity contribution in [3.05, 3.63) is 12.2 Å². The van der Waals surface area contributed by atoms with Gasteiger partial charge >= 0.3 is 11.9 Å². The monoisotopic (exact) mass is 354 g/mol. The fraction of sp³-hybridized carbons (Fsp3) is 0.810. The first kappa shape index (κ1) is 23.7. The summed E-state index contributed by atoms with van der Waals surface area (Å²) in [5.41, 5.74) is 0. The molecular weight excluding hydrogens is 316 g/mol. The number of allylic oxidation sites excluding steroid dienone is 2. The standard InChI is InChI=1S/C21H38O4/c1-3-5-6-7-8-9-10-11-12-13-14-15-16-17-19(21(23)24)18-20(22)25-4-2/h11-12,19H,3-10,13-18H2,1-2H3,(H,23,24). The minimum absolute atomic E-state index is 0.0126. The lowest BCUT2D eigenvalue weighted by Crippen LogP contribution is -2.19. The average molecular weight is 355 g/mol. The molecule has 0 heterocycles. The highest BCUT2D eigenvalue weighted by Crippen LogP contribution is 2.16. The molecule has 0 saturated carbocycles. The van der Waals surface area contributed by atoms with E-state index < -0.39 is 17.9 Å². The highest BCUT2D eigenvalue weighted by Gasteiger charge is 2.21. The van der Waals surface area contributed by atoms with Crippen LogP contribution >= 0.6 is 0 Å². The normalized spacial score (nSPS) is 12.4. The molecule has 1 atom stereocenters. The van der Waals surface area contributed by atoms with Gasteiger partial charge in [0, 0.05) is 0 Å². The van der Waals surface area contributed by atoms with Gasteiger partial charge in [0.2, 0.25) is 0 Å². The minimum Gasteiger partial charge on any atom is -0.481 e. The van der Waals surface area contributed by atoms with Crippen LogP contribution in [-0.2, 0) is 14.3 Å². The lowest BCUT2D eigenvalue weighted by Gasteiger charge is -2.11. The van der Waals surface area contributed by atoms with Crippen LogP contribution in [0.25, 0.3) is 0 Å². The molecule has 0 bridgehead atoms. The molecule has 0 aromatic rings. The molecule has 4 heteroatoms. The van der Waals surface area contributed by atoms with Gasteiger partial charge in [-0.25, -0.2) is 0 Å². The fourth-order valence-electron chi connectivity index (χ4n) is 2.84. The maximum atomic E-state index is 11.4. The van der Waals surface area contributed by atoms with Crippen LogP contribution in [0.1, 0.15) is 97.3 Å². The quantitative estimate of drug-likeness (QED) is 0.201. The minimum atomic E-state index is -0.896. The number of rotatable bonds is 17. The summed E-state index contributed by atoms with van der Waals surface area (Å²) in [4.78, 5) is 22.6. The summed E-state index contributed by atoms with van der Waals surface area (Å²) in [6.07, 6.45) is 18.2. The molecule has 0 radical (unpaired) electrons. The Balaban J connectivity index is 3.58. The Morgan fingerprint density at radius 2 is 1.44 bits per heavy atom. The van der Waals surface area contributed by atoms with Crippen LogP contribution in [0, 0.1) is 5.92 Å². The number of carbonyl (C=O) groups excluding carboxylic acids is 1. The van der Waals surface area contributed by atoms with Gasteiger partial charge < -0.3 is 9.84 Å². The summed E-state index contributed by atoms with van der Waals surface area (Å²) in [6.45, 7) is 4.27. The van der Waals surface area contributed by atoms with Gasteiger partial charge in [0.1, 0.15) is 0 Å². The Labute approximate surface area is 154 Å². The molecule has 1 N–H and O–H groups in total. The number of carbonyl (C=O) groups is 2. The van der Waals surface area contributed by atoms with E-state index in [1.165, 1.54) is 44.9 Å². The topological polar surface area (TPSA) is 63.6 Å². The van der Waals surface area contributed by atoms with Gasteiger partial charge in [0.05, 0.1) is 18.9 Å². The summed E-state index contributed by atoms with van der Waals surface area (Å²) >= 11 is 0. The Morgan fingerprint density at radius 3 is 2.00 bits per heavy atom. The van der Waals surface area contributed by atoms with Crippen molar-refractivity contribution in [2.75, 3.05) is 6.61 Å². The van der Waals surface area contributed by atoms with E-state index in [1.807, 2.05) is 0 Å². The fourth-order valence-corrected chi connectivity index (χ4v) is 2.84. The van der Waals surface area contributed by atoms with Crippen LogP contribution in [0.3, 0.4) is 0 Å². The predicted octanol–water partition coefficient (Wildman–Crippen LogP) is 5.90. The first-order valence-corrected chi connectivity index (χ1v) is 10.1. The highest BCUT2D eigenvalue weighted by atomic mass is 16.5. The molecule has 0 aliphatic carbocycles. The third kappa shape index (κ3) is 15.9. The zero-order valence-electron chi connectivity index (χ0n) is 16.3. The van der Waals surface area contributed by atoms with Gasteiger partial charge in [-0.3, -0.25) is 9.59 Å². The van der Waals surface area contributed by atoms with Crippen molar-refractivity contribution in [3.63, 3.8) is 0 Å². The van der Waals surface area contributed by atoms with Gasteiger partial charge in [0.15, 0.2) is 0 Å². The molecule has 0 fully saturated rings. The molecule has 0 aliphatic rings. The van der Waals surface area contributed by atoms with E-state index >= 15 is 0 Å². The van der Waals surface area contributed by atoms with Crippen molar-refractivity contribution in [1.29, 1.82) is 0 Å². The molecule has 146 valence electrons. The van der Waals surface area contributed by atoms with Crippen molar-refractivity contribution in [2.45, 2.75) is 97.3 Å². The Kier molecular flexibility index (Phi) is 16.6. The van der Waals surface area contributed by atoms with E-state index in [0.717, 1.165) is 25.7 Å². The molecule has 0 amide bonds. The van der Waals surface area contributed by atoms with E-state index in [0.29, 0.717) is 13.0 Å². The molecular formula is C21H38O4. The second kappa shape index (κ2) is 17.5. The molecule has 0 aromatic heterocycles. The van der Waals surface area contributed by atoms with E-state index in [1.54, 1.807) is 6.92 Å². The first-order valence-electron chi connectivity index (χ1n) is 10.1. The zero-order valence-corrected chi connectivity index (χ0v) is 16.3. The van der Waals surface area contributed by atoms with Crippen LogP contribution in [0.4, 0.5) is 0 Å². The van der Waals surface area contributed by atoms with Gasteiger partial charge in [-0.2, -0.15) is 0 Å². The van der Waals surface area contributed by atoms with E-state index in [2.05, 4.69) is 19.1 Å². The van der Waals surface area contributed by atoms with Gasteiger partial charge in [0.25, 0.3) is 0 Å². The first-order chi connectivity index (χ1) is 12.1. The zero-order chi connectivity index (χ0) is 18.8. The number of hydrogen-bond acceptors (Lipinski definition) is 3. The number of ether oxygens (including phenoxy) is 1. The molecule has 0 aromatic carbocycles. The number of esters is 1. The predicted molar refractivity (Wildman–Crippen MR) is 103 cm³/mol. The lowest BCUT2D eigenvalue weighted by atomic mass is 9.97. The third-order valence-electron chi connectivity index (χ3n) is 4.38. The Morgan fingerprint density at radius 1 is 0.880 bits per heavy atom. The van der Waals surface area contributed by atoms with Crippen molar-refractivity contribution in [1.82, 2.24) is 0 Å². The van der Waals surface area contributed by atoms with E-state index in [4.69, 9.17) is 9.84 Å². The Bertz CT molecular complexity index is 363. The van der Waals surface area contributed by atoms with E-state index in [9.17, 15) is 9.59 Å². The Hall–Kier alpha value is -1.32. The van der Waals surface area contributed by atoms with Crippen molar-refractivity contribution < 1.29 is 19.4 Å². The molecule has 0 rings (SSSR count). The van der Waals surface area contributed by atoms with Crippen LogP contribution < -0.4 is 0 Å². The SMILES string of the molecule is CCCCCCCCC=CCCCCCC(CC(=O)OCC)C(=O)O. The molecule has 25 heavy (non-hydrogen) atoms. The molecule has 0 spiro atoms. The summed E-state index contributed by atoms with van der Waals surface area (Å²) in [7, 11) is 0.